The van der Waals surface area contributed by atoms with Crippen molar-refractivity contribution in [2.75, 3.05) is 26.1 Å². The highest BCUT2D eigenvalue weighted by Gasteiger charge is 2.62. The van der Waals surface area contributed by atoms with Crippen LogP contribution in [0.4, 0.5) is 14.5 Å². The van der Waals surface area contributed by atoms with E-state index in [1.54, 1.807) is 13.2 Å². The Labute approximate surface area is 262 Å². The van der Waals surface area contributed by atoms with Gasteiger partial charge in [-0.05, 0) is 78.6 Å². The summed E-state index contributed by atoms with van der Waals surface area (Å²) in [5.74, 6) is 1.20. The Morgan fingerprint density at radius 2 is 1.44 bits per heavy atom. The maximum Gasteiger partial charge on any atom is 0.178 e. The van der Waals surface area contributed by atoms with E-state index >= 15 is 8.78 Å². The monoisotopic (exact) mass is 599 g/mol. The van der Waals surface area contributed by atoms with Gasteiger partial charge in [0.25, 0.3) is 0 Å². The maximum atomic E-state index is 18.0. The van der Waals surface area contributed by atoms with Gasteiger partial charge in [-0.25, -0.2) is 8.78 Å². The standard InChI is InChI=1S/C40H35F2NO2/c1-43(2)28-17-15-27(16-18-28)38(26-11-5-4-6-12-26)24-21-32-36-35(30-20-19-29(44-3)25-33(30)37(32)45-38)31-13-7-8-14-34(31)39(41)22-9-10-23-40(36,39)42/h4-8,11-21,24-25H,9-10,22-23H2,1-3H3. The molecule has 5 heteroatoms. The van der Waals surface area contributed by atoms with Crippen LogP contribution in [0.1, 0.15) is 53.5 Å². The summed E-state index contributed by atoms with van der Waals surface area (Å²) >= 11 is 0. The first-order valence-corrected chi connectivity index (χ1v) is 15.7. The summed E-state index contributed by atoms with van der Waals surface area (Å²) in [6.07, 6.45) is 5.53. The predicted octanol–water partition coefficient (Wildman–Crippen LogP) is 9.85. The number of halogens is 2. The zero-order valence-corrected chi connectivity index (χ0v) is 25.7. The van der Waals surface area contributed by atoms with Crippen molar-refractivity contribution in [3.63, 3.8) is 0 Å². The number of alkyl halides is 2. The van der Waals surface area contributed by atoms with Gasteiger partial charge in [0.05, 0.1) is 7.11 Å². The number of hydrogen-bond donors (Lipinski definition) is 0. The van der Waals surface area contributed by atoms with E-state index in [1.165, 1.54) is 0 Å². The van der Waals surface area contributed by atoms with E-state index in [0.717, 1.165) is 38.7 Å². The van der Waals surface area contributed by atoms with Gasteiger partial charge in [-0.1, -0.05) is 72.8 Å². The lowest BCUT2D eigenvalue weighted by Gasteiger charge is -2.50. The summed E-state index contributed by atoms with van der Waals surface area (Å²) in [5, 5.41) is 1.63. The molecule has 1 aliphatic heterocycles. The molecule has 0 bridgehead atoms. The summed E-state index contributed by atoms with van der Waals surface area (Å²) in [4.78, 5) is 2.06. The van der Waals surface area contributed by atoms with Crippen molar-refractivity contribution in [2.45, 2.75) is 42.6 Å². The van der Waals surface area contributed by atoms with Crippen molar-refractivity contribution in [3.8, 4) is 22.6 Å². The minimum Gasteiger partial charge on any atom is -0.497 e. The third-order valence-corrected chi connectivity index (χ3v) is 10.2. The molecule has 3 nitrogen and oxygen atoms in total. The molecule has 2 aliphatic carbocycles. The fourth-order valence-electron chi connectivity index (χ4n) is 7.96. The summed E-state index contributed by atoms with van der Waals surface area (Å²) in [6, 6.07) is 31.7. The van der Waals surface area contributed by atoms with Gasteiger partial charge in [0.2, 0.25) is 0 Å². The molecule has 3 aliphatic rings. The molecule has 0 saturated heterocycles. The fourth-order valence-corrected chi connectivity index (χ4v) is 7.96. The average Bonchev–Trinajstić information content (AvgIpc) is 3.08. The number of ether oxygens (including phenoxy) is 2. The van der Waals surface area contributed by atoms with E-state index < -0.39 is 16.9 Å². The van der Waals surface area contributed by atoms with Gasteiger partial charge in [-0.2, -0.15) is 0 Å². The Balaban J connectivity index is 1.47. The Hall–Kier alpha value is -4.64. The maximum absolute atomic E-state index is 18.0. The molecule has 0 radical (unpaired) electrons. The van der Waals surface area contributed by atoms with Crippen molar-refractivity contribution in [3.05, 3.63) is 131 Å². The van der Waals surface area contributed by atoms with E-state index in [-0.39, 0.29) is 12.8 Å². The van der Waals surface area contributed by atoms with Gasteiger partial charge in [0, 0.05) is 53.0 Å². The molecule has 0 spiro atoms. The molecule has 5 aromatic carbocycles. The van der Waals surface area contributed by atoms with Gasteiger partial charge < -0.3 is 14.4 Å². The largest absolute Gasteiger partial charge is 0.497 e. The van der Waals surface area contributed by atoms with Gasteiger partial charge in [0.1, 0.15) is 11.5 Å². The van der Waals surface area contributed by atoms with Crippen LogP contribution >= 0.6 is 0 Å². The molecule has 3 unspecified atom stereocenters. The summed E-state index contributed by atoms with van der Waals surface area (Å²) in [5.41, 5.74) is 0.542. The van der Waals surface area contributed by atoms with Crippen LogP contribution in [0.15, 0.2) is 103 Å². The number of rotatable bonds is 4. The van der Waals surface area contributed by atoms with Crippen LogP contribution in [0, 0.1) is 0 Å². The van der Waals surface area contributed by atoms with Crippen molar-refractivity contribution in [1.82, 2.24) is 0 Å². The van der Waals surface area contributed by atoms with E-state index in [0.29, 0.717) is 41.0 Å². The third-order valence-electron chi connectivity index (χ3n) is 10.2. The Bertz CT molecular complexity index is 1990. The molecule has 1 heterocycles. The molecule has 1 fully saturated rings. The second-order valence-corrected chi connectivity index (χ2v) is 12.7. The molecule has 3 atom stereocenters. The molecule has 8 rings (SSSR count). The SMILES string of the molecule is COc1ccc2c3c(c4c(c2c1)OC(c1ccccc1)(c1ccc(N(C)C)cc1)C=C4)C1(F)CCCCC1(F)c1ccccc1-3. The van der Waals surface area contributed by atoms with Crippen LogP contribution in [0.3, 0.4) is 0 Å². The topological polar surface area (TPSA) is 21.7 Å². The fraction of sp³-hybridized carbons (Fsp3) is 0.250. The van der Waals surface area contributed by atoms with Crippen LogP contribution in [-0.4, -0.2) is 21.2 Å². The van der Waals surface area contributed by atoms with E-state index in [4.69, 9.17) is 9.47 Å². The third kappa shape index (κ3) is 3.79. The summed E-state index contributed by atoms with van der Waals surface area (Å²) < 4.78 is 48.4. The Kier molecular flexibility index (Phi) is 6.15. The zero-order chi connectivity index (χ0) is 31.0. The van der Waals surface area contributed by atoms with Crippen LogP contribution in [0.25, 0.3) is 28.0 Å². The highest BCUT2D eigenvalue weighted by Crippen LogP contribution is 2.66. The quantitative estimate of drug-likeness (QED) is 0.205. The lowest BCUT2D eigenvalue weighted by molar-refractivity contribution is -0.0866. The number of hydrogen-bond acceptors (Lipinski definition) is 3. The summed E-state index contributed by atoms with van der Waals surface area (Å²) in [7, 11) is 5.66. The highest BCUT2D eigenvalue weighted by molar-refractivity contribution is 6.07. The van der Waals surface area contributed by atoms with E-state index in [9.17, 15) is 0 Å². The first-order valence-electron chi connectivity index (χ1n) is 15.7. The minimum atomic E-state index is -2.21. The summed E-state index contributed by atoms with van der Waals surface area (Å²) in [6.45, 7) is 0. The molecule has 0 N–H and O–H groups in total. The molecule has 5 aromatic rings. The average molecular weight is 600 g/mol. The number of nitrogens with zero attached hydrogens (tertiary/aromatic N) is 1. The van der Waals surface area contributed by atoms with Crippen molar-refractivity contribution in [1.29, 1.82) is 0 Å². The van der Waals surface area contributed by atoms with Gasteiger partial charge in [-0.15, -0.1) is 0 Å². The molecule has 45 heavy (non-hydrogen) atoms. The van der Waals surface area contributed by atoms with E-state index in [1.807, 2.05) is 80.8 Å². The smallest absolute Gasteiger partial charge is 0.178 e. The van der Waals surface area contributed by atoms with Gasteiger partial charge in [0.15, 0.2) is 16.9 Å². The molecule has 0 amide bonds. The molecule has 0 aromatic heterocycles. The molecular weight excluding hydrogens is 564 g/mol. The first-order chi connectivity index (χ1) is 21.8. The Morgan fingerprint density at radius 3 is 2.18 bits per heavy atom. The normalized spacial score (nSPS) is 24.6. The van der Waals surface area contributed by atoms with Crippen LogP contribution in [0.5, 0.6) is 11.5 Å². The van der Waals surface area contributed by atoms with Gasteiger partial charge >= 0.3 is 0 Å². The highest BCUT2D eigenvalue weighted by atomic mass is 19.2. The lowest BCUT2D eigenvalue weighted by atomic mass is 9.59. The number of benzene rings is 5. The molecular formula is C40H35F2NO2. The number of anilines is 1. The number of methoxy groups -OCH3 is 1. The predicted molar refractivity (Wildman–Crippen MR) is 178 cm³/mol. The Morgan fingerprint density at radius 1 is 0.756 bits per heavy atom. The number of fused-ring (bicyclic) bond motifs is 11. The van der Waals surface area contributed by atoms with Crippen molar-refractivity contribution in [2.24, 2.45) is 0 Å². The second kappa shape index (κ2) is 9.93. The van der Waals surface area contributed by atoms with E-state index in [2.05, 4.69) is 41.3 Å². The molecule has 1 saturated carbocycles. The van der Waals surface area contributed by atoms with Crippen molar-refractivity contribution >= 4 is 22.5 Å². The lowest BCUT2D eigenvalue weighted by Crippen LogP contribution is -2.49. The minimum absolute atomic E-state index is 0.114. The van der Waals surface area contributed by atoms with Crippen molar-refractivity contribution < 1.29 is 18.3 Å². The van der Waals surface area contributed by atoms with Gasteiger partial charge in [-0.3, -0.25) is 0 Å². The molecule has 226 valence electrons. The van der Waals surface area contributed by atoms with Crippen LogP contribution < -0.4 is 14.4 Å². The van der Waals surface area contributed by atoms with Crippen LogP contribution in [-0.2, 0) is 16.9 Å². The first kappa shape index (κ1) is 27.9. The van der Waals surface area contributed by atoms with Crippen LogP contribution in [0.2, 0.25) is 0 Å². The second-order valence-electron chi connectivity index (χ2n) is 12.7. The zero-order valence-electron chi connectivity index (χ0n) is 25.7.